The summed E-state index contributed by atoms with van der Waals surface area (Å²) in [6.45, 7) is 0. The molecule has 2 rings (SSSR count). The Morgan fingerprint density at radius 1 is 1.43 bits per heavy atom. The van der Waals surface area contributed by atoms with Crippen LogP contribution < -0.4 is 10.4 Å². The van der Waals surface area contributed by atoms with Gasteiger partial charge in [-0.1, -0.05) is 0 Å². The highest BCUT2D eigenvalue weighted by molar-refractivity contribution is 7.90. The van der Waals surface area contributed by atoms with Crippen LogP contribution in [0, 0.1) is 0 Å². The molecule has 0 amide bonds. The highest BCUT2D eigenvalue weighted by Crippen LogP contribution is 2.27. The van der Waals surface area contributed by atoms with Crippen LogP contribution in [0.5, 0.6) is 5.88 Å². The second-order valence-corrected chi connectivity index (χ2v) is 5.11. The molecule has 6 nitrogen and oxygen atoms in total. The van der Waals surface area contributed by atoms with Crippen LogP contribution in [0.15, 0.2) is 4.79 Å². The summed E-state index contributed by atoms with van der Waals surface area (Å²) in [5, 5.41) is 0. The maximum absolute atomic E-state index is 11.3. The largest absolute Gasteiger partial charge is 0.481 e. The summed E-state index contributed by atoms with van der Waals surface area (Å²) in [6, 6.07) is 0. The predicted octanol–water partition coefficient (Wildman–Crippen LogP) is -0.793. The number of aromatic amines is 1. The molecule has 0 radical (unpaired) electrons. The molecule has 14 heavy (non-hydrogen) atoms. The van der Waals surface area contributed by atoms with Crippen molar-refractivity contribution in [1.29, 1.82) is 0 Å². The third-order valence-electron chi connectivity index (χ3n) is 2.01. The van der Waals surface area contributed by atoms with E-state index in [2.05, 4.69) is 9.97 Å². The Hall–Kier alpha value is -1.37. The Morgan fingerprint density at radius 3 is 2.79 bits per heavy atom. The average molecular weight is 216 g/mol. The Morgan fingerprint density at radius 2 is 2.14 bits per heavy atom. The van der Waals surface area contributed by atoms with E-state index in [4.69, 9.17) is 4.74 Å². The fourth-order valence-corrected chi connectivity index (χ4v) is 2.98. The molecular weight excluding hydrogens is 208 g/mol. The number of H-pyrrole nitrogens is 1. The minimum Gasteiger partial charge on any atom is -0.481 e. The number of aromatic nitrogens is 2. The summed E-state index contributed by atoms with van der Waals surface area (Å²) in [7, 11) is -1.79. The lowest BCUT2D eigenvalue weighted by Gasteiger charge is -2.02. The lowest BCUT2D eigenvalue weighted by Crippen LogP contribution is -2.14. The highest BCUT2D eigenvalue weighted by atomic mass is 32.2. The van der Waals surface area contributed by atoms with Crippen molar-refractivity contribution in [3.05, 3.63) is 21.7 Å². The van der Waals surface area contributed by atoms with Gasteiger partial charge >= 0.3 is 5.69 Å². The molecule has 0 fully saturated rings. The first-order valence-electron chi connectivity index (χ1n) is 3.88. The number of ether oxygens (including phenoxy) is 1. The van der Waals surface area contributed by atoms with Crippen molar-refractivity contribution in [2.75, 3.05) is 7.11 Å². The van der Waals surface area contributed by atoms with E-state index < -0.39 is 15.5 Å². The zero-order valence-electron chi connectivity index (χ0n) is 7.40. The van der Waals surface area contributed by atoms with E-state index in [1.807, 2.05) is 0 Å². The summed E-state index contributed by atoms with van der Waals surface area (Å²) < 4.78 is 27.4. The van der Waals surface area contributed by atoms with E-state index in [0.29, 0.717) is 11.3 Å². The molecule has 0 aromatic carbocycles. The van der Waals surface area contributed by atoms with Crippen LogP contribution in [0.3, 0.4) is 0 Å². The topological polar surface area (TPSA) is 89.1 Å². The fraction of sp³-hybridized carbons (Fsp3) is 0.429. The molecular formula is C7H8N2O4S. The second kappa shape index (κ2) is 2.81. The number of fused-ring (bicyclic) bond motifs is 1. The minimum atomic E-state index is -3.14. The number of methoxy groups -OCH3 is 1. The lowest BCUT2D eigenvalue weighted by molar-refractivity contribution is 0.391. The third-order valence-corrected chi connectivity index (χ3v) is 3.46. The molecule has 76 valence electrons. The van der Waals surface area contributed by atoms with Crippen molar-refractivity contribution in [1.82, 2.24) is 9.97 Å². The Bertz CT molecular complexity index is 531. The van der Waals surface area contributed by atoms with E-state index in [0.717, 1.165) is 0 Å². The molecule has 1 aliphatic rings. The maximum Gasteiger partial charge on any atom is 0.348 e. The normalized spacial score (nSPS) is 17.8. The second-order valence-electron chi connectivity index (χ2n) is 3.04. The van der Waals surface area contributed by atoms with E-state index in [-0.39, 0.29) is 17.4 Å². The van der Waals surface area contributed by atoms with E-state index in [1.54, 1.807) is 0 Å². The summed E-state index contributed by atoms with van der Waals surface area (Å²) in [4.78, 5) is 16.9. The summed E-state index contributed by atoms with van der Waals surface area (Å²) in [5.41, 5.74) is 0.270. The summed E-state index contributed by atoms with van der Waals surface area (Å²) in [5.74, 6) is -0.157. The first kappa shape index (κ1) is 9.20. The van der Waals surface area contributed by atoms with Gasteiger partial charge in [-0.3, -0.25) is 0 Å². The Kier molecular flexibility index (Phi) is 1.84. The molecule has 7 heteroatoms. The van der Waals surface area contributed by atoms with Gasteiger partial charge in [0, 0.05) is 11.3 Å². The molecule has 1 N–H and O–H groups in total. The highest BCUT2D eigenvalue weighted by Gasteiger charge is 2.29. The van der Waals surface area contributed by atoms with Crippen LogP contribution in [-0.2, 0) is 21.3 Å². The van der Waals surface area contributed by atoms with Crippen LogP contribution in [0.1, 0.15) is 11.3 Å². The SMILES string of the molecule is COc1nc(=O)[nH]c2c1CS(=O)(=O)C2. The number of hydrogen-bond donors (Lipinski definition) is 1. The van der Waals surface area contributed by atoms with E-state index in [9.17, 15) is 13.2 Å². The molecule has 2 heterocycles. The Labute approximate surface area is 79.9 Å². The van der Waals surface area contributed by atoms with Crippen molar-refractivity contribution >= 4 is 9.84 Å². The number of nitrogens with zero attached hydrogens (tertiary/aromatic N) is 1. The number of nitrogens with one attached hydrogen (secondary N) is 1. The monoisotopic (exact) mass is 216 g/mol. The van der Waals surface area contributed by atoms with E-state index >= 15 is 0 Å². The number of hydrogen-bond acceptors (Lipinski definition) is 5. The van der Waals surface area contributed by atoms with Gasteiger partial charge in [-0.2, -0.15) is 4.98 Å². The first-order chi connectivity index (χ1) is 6.52. The molecule has 1 aliphatic heterocycles. The molecule has 1 aromatic rings. The van der Waals surface area contributed by atoms with Crippen molar-refractivity contribution in [2.45, 2.75) is 11.5 Å². The van der Waals surface area contributed by atoms with Gasteiger partial charge in [-0.05, 0) is 0 Å². The number of rotatable bonds is 1. The van der Waals surface area contributed by atoms with Crippen molar-refractivity contribution in [2.24, 2.45) is 0 Å². The molecule has 0 bridgehead atoms. The summed E-state index contributed by atoms with van der Waals surface area (Å²) >= 11 is 0. The molecule has 0 spiro atoms. The van der Waals surface area contributed by atoms with Crippen LogP contribution in [-0.4, -0.2) is 25.5 Å². The quantitative estimate of drug-likeness (QED) is 0.664. The van der Waals surface area contributed by atoms with Crippen LogP contribution in [0.25, 0.3) is 0 Å². The molecule has 0 atom stereocenters. The van der Waals surface area contributed by atoms with Crippen LogP contribution >= 0.6 is 0 Å². The third kappa shape index (κ3) is 1.39. The molecule has 0 saturated heterocycles. The minimum absolute atomic E-state index is 0.102. The molecule has 0 saturated carbocycles. The van der Waals surface area contributed by atoms with Gasteiger partial charge in [0.1, 0.15) is 0 Å². The smallest absolute Gasteiger partial charge is 0.348 e. The van der Waals surface area contributed by atoms with Crippen LogP contribution in [0.4, 0.5) is 0 Å². The lowest BCUT2D eigenvalue weighted by atomic mass is 10.3. The summed E-state index contributed by atoms with van der Waals surface area (Å²) in [6.07, 6.45) is 0. The average Bonchev–Trinajstić information content (AvgIpc) is 2.37. The number of sulfone groups is 1. The zero-order chi connectivity index (χ0) is 10.3. The Balaban J connectivity index is 2.67. The standard InChI is InChI=1S/C7H8N2O4S/c1-13-6-4-2-14(11,12)3-5(4)8-7(10)9-6/h2-3H2,1H3,(H,8,9,10). The molecule has 0 aliphatic carbocycles. The van der Waals surface area contributed by atoms with Gasteiger partial charge in [0.05, 0.1) is 18.6 Å². The van der Waals surface area contributed by atoms with Gasteiger partial charge in [-0.15, -0.1) is 0 Å². The molecule has 0 unspecified atom stereocenters. The van der Waals surface area contributed by atoms with Gasteiger partial charge in [0.25, 0.3) is 0 Å². The first-order valence-corrected chi connectivity index (χ1v) is 5.70. The van der Waals surface area contributed by atoms with Gasteiger partial charge in [0.2, 0.25) is 5.88 Å². The van der Waals surface area contributed by atoms with Crippen molar-refractivity contribution in [3.8, 4) is 5.88 Å². The van der Waals surface area contributed by atoms with Crippen molar-refractivity contribution < 1.29 is 13.2 Å². The zero-order valence-corrected chi connectivity index (χ0v) is 8.22. The van der Waals surface area contributed by atoms with Crippen molar-refractivity contribution in [3.63, 3.8) is 0 Å². The van der Waals surface area contributed by atoms with E-state index in [1.165, 1.54) is 7.11 Å². The van der Waals surface area contributed by atoms with Gasteiger partial charge in [0.15, 0.2) is 9.84 Å². The van der Waals surface area contributed by atoms with Crippen LogP contribution in [0.2, 0.25) is 0 Å². The van der Waals surface area contributed by atoms with Gasteiger partial charge in [-0.25, -0.2) is 13.2 Å². The predicted molar refractivity (Wildman–Crippen MR) is 47.7 cm³/mol. The van der Waals surface area contributed by atoms with Gasteiger partial charge < -0.3 is 9.72 Å². The molecule has 1 aromatic heterocycles. The maximum atomic E-state index is 11.3. The fourth-order valence-electron chi connectivity index (χ4n) is 1.45.